The van der Waals surface area contributed by atoms with Crippen molar-refractivity contribution in [2.24, 2.45) is 0 Å². The second-order valence-corrected chi connectivity index (χ2v) is 7.76. The monoisotopic (exact) mass is 380 g/mol. The maximum Gasteiger partial charge on any atom is 0.251 e. The first-order valence-electron chi connectivity index (χ1n) is 8.05. The Hall–Kier alpha value is -1.89. The molecule has 0 fully saturated rings. The minimum Gasteiger partial charge on any atom is -0.352 e. The average molecular weight is 381 g/mol. The summed E-state index contributed by atoms with van der Waals surface area (Å²) in [7, 11) is -3.59. The first kappa shape index (κ1) is 19.4. The Balaban J connectivity index is 1.99. The highest BCUT2D eigenvalue weighted by Crippen LogP contribution is 2.12. The topological polar surface area (TPSA) is 75.3 Å². The maximum atomic E-state index is 12.2. The highest BCUT2D eigenvalue weighted by atomic mass is 35.5. The first-order valence-corrected chi connectivity index (χ1v) is 9.91. The lowest BCUT2D eigenvalue weighted by Gasteiger charge is -2.09. The van der Waals surface area contributed by atoms with Crippen molar-refractivity contribution in [2.75, 3.05) is 13.1 Å². The van der Waals surface area contributed by atoms with Gasteiger partial charge in [-0.25, -0.2) is 13.1 Å². The van der Waals surface area contributed by atoms with Crippen LogP contribution < -0.4 is 10.0 Å². The quantitative estimate of drug-likeness (QED) is 0.739. The van der Waals surface area contributed by atoms with E-state index < -0.39 is 10.0 Å². The molecule has 25 heavy (non-hydrogen) atoms. The minimum absolute atomic E-state index is 0.0865. The van der Waals surface area contributed by atoms with Crippen LogP contribution in [-0.2, 0) is 16.4 Å². The predicted molar refractivity (Wildman–Crippen MR) is 99.4 cm³/mol. The highest BCUT2D eigenvalue weighted by Gasteiger charge is 2.15. The van der Waals surface area contributed by atoms with E-state index in [4.69, 9.17) is 11.6 Å². The molecule has 2 N–H and O–H groups in total. The second kappa shape index (κ2) is 8.99. The van der Waals surface area contributed by atoms with E-state index in [0.717, 1.165) is 5.56 Å². The molecular formula is C18H21ClN2O3S. The van der Waals surface area contributed by atoms with Crippen LogP contribution in [0.3, 0.4) is 0 Å². The van der Waals surface area contributed by atoms with Gasteiger partial charge >= 0.3 is 0 Å². The van der Waals surface area contributed by atoms with Gasteiger partial charge < -0.3 is 5.32 Å². The van der Waals surface area contributed by atoms with Crippen LogP contribution in [0.4, 0.5) is 0 Å². The largest absolute Gasteiger partial charge is 0.352 e. The van der Waals surface area contributed by atoms with E-state index in [2.05, 4.69) is 10.0 Å². The molecule has 2 aromatic rings. The van der Waals surface area contributed by atoms with Crippen molar-refractivity contribution in [1.82, 2.24) is 10.0 Å². The number of carbonyl (C=O) groups is 1. The van der Waals surface area contributed by atoms with Crippen LogP contribution in [0, 0.1) is 0 Å². The summed E-state index contributed by atoms with van der Waals surface area (Å²) in [6.45, 7) is 2.68. The van der Waals surface area contributed by atoms with Crippen LogP contribution in [0.5, 0.6) is 0 Å². The van der Waals surface area contributed by atoms with E-state index in [0.29, 0.717) is 36.5 Å². The lowest BCUT2D eigenvalue weighted by atomic mass is 10.1. The van der Waals surface area contributed by atoms with Gasteiger partial charge in [-0.2, -0.15) is 0 Å². The zero-order chi connectivity index (χ0) is 18.3. The van der Waals surface area contributed by atoms with Gasteiger partial charge in [0.2, 0.25) is 10.0 Å². The van der Waals surface area contributed by atoms with E-state index in [9.17, 15) is 13.2 Å². The summed E-state index contributed by atoms with van der Waals surface area (Å²) in [4.78, 5) is 12.3. The van der Waals surface area contributed by atoms with Gasteiger partial charge in [0.1, 0.15) is 0 Å². The molecule has 0 aliphatic carbocycles. The molecule has 7 heteroatoms. The van der Waals surface area contributed by atoms with E-state index >= 15 is 0 Å². The molecule has 0 radical (unpaired) electrons. The Morgan fingerprint density at radius 3 is 2.56 bits per heavy atom. The van der Waals surface area contributed by atoms with E-state index in [-0.39, 0.29) is 10.8 Å². The SMILES string of the molecule is CCCNS(=O)(=O)c1cccc(C(=O)NCCc2cccc(Cl)c2)c1. The number of rotatable bonds is 8. The Morgan fingerprint density at radius 1 is 1.08 bits per heavy atom. The summed E-state index contributed by atoms with van der Waals surface area (Å²) in [5.41, 5.74) is 1.33. The molecule has 0 aliphatic rings. The zero-order valence-electron chi connectivity index (χ0n) is 14.0. The van der Waals surface area contributed by atoms with Gasteiger partial charge in [0.15, 0.2) is 0 Å². The smallest absolute Gasteiger partial charge is 0.251 e. The molecule has 0 aromatic heterocycles. The fraction of sp³-hybridized carbons (Fsp3) is 0.278. The van der Waals surface area contributed by atoms with Crippen molar-refractivity contribution in [3.63, 3.8) is 0 Å². The molecule has 134 valence electrons. The first-order chi connectivity index (χ1) is 11.9. The highest BCUT2D eigenvalue weighted by molar-refractivity contribution is 7.89. The third-order valence-corrected chi connectivity index (χ3v) is 5.23. The summed E-state index contributed by atoms with van der Waals surface area (Å²) >= 11 is 5.93. The van der Waals surface area contributed by atoms with Crippen molar-refractivity contribution in [3.05, 3.63) is 64.7 Å². The van der Waals surface area contributed by atoms with Crippen LogP contribution in [-0.4, -0.2) is 27.4 Å². The van der Waals surface area contributed by atoms with Crippen LogP contribution in [0.25, 0.3) is 0 Å². The zero-order valence-corrected chi connectivity index (χ0v) is 15.5. The van der Waals surface area contributed by atoms with Crippen molar-refractivity contribution in [1.29, 1.82) is 0 Å². The molecule has 0 aliphatic heterocycles. The van der Waals surface area contributed by atoms with Crippen LogP contribution in [0.2, 0.25) is 5.02 Å². The molecule has 0 saturated carbocycles. The molecule has 0 heterocycles. The van der Waals surface area contributed by atoms with Gasteiger partial charge in [0, 0.05) is 23.7 Å². The number of carbonyl (C=O) groups excluding carboxylic acids is 1. The summed E-state index contributed by atoms with van der Waals surface area (Å²) < 4.78 is 26.8. The normalized spacial score (nSPS) is 11.3. The summed E-state index contributed by atoms with van der Waals surface area (Å²) in [5.74, 6) is -0.311. The number of nitrogens with one attached hydrogen (secondary N) is 2. The summed E-state index contributed by atoms with van der Waals surface area (Å²) in [6.07, 6.45) is 1.34. The lowest BCUT2D eigenvalue weighted by Crippen LogP contribution is -2.27. The molecule has 0 bridgehead atoms. The summed E-state index contributed by atoms with van der Waals surface area (Å²) in [6, 6.07) is 13.4. The Morgan fingerprint density at radius 2 is 1.84 bits per heavy atom. The number of amides is 1. The van der Waals surface area contributed by atoms with Gasteiger partial charge in [0.05, 0.1) is 4.90 Å². The van der Waals surface area contributed by atoms with Gasteiger partial charge in [-0.3, -0.25) is 4.79 Å². The Labute approximate surface area is 153 Å². The fourth-order valence-electron chi connectivity index (χ4n) is 2.24. The second-order valence-electron chi connectivity index (χ2n) is 5.56. The maximum absolute atomic E-state index is 12.2. The number of hydrogen-bond acceptors (Lipinski definition) is 3. The average Bonchev–Trinajstić information content (AvgIpc) is 2.60. The number of hydrogen-bond donors (Lipinski definition) is 2. The standard InChI is InChI=1S/C18H21ClN2O3S/c1-2-10-21-25(23,24)17-8-4-6-15(13-17)18(22)20-11-9-14-5-3-7-16(19)12-14/h3-8,12-13,21H,2,9-11H2,1H3,(H,20,22). The number of benzene rings is 2. The lowest BCUT2D eigenvalue weighted by molar-refractivity contribution is 0.0954. The van der Waals surface area contributed by atoms with Gasteiger partial charge in [-0.1, -0.05) is 36.7 Å². The molecule has 2 rings (SSSR count). The van der Waals surface area contributed by atoms with Crippen molar-refractivity contribution >= 4 is 27.5 Å². The van der Waals surface area contributed by atoms with Crippen LogP contribution in [0.15, 0.2) is 53.4 Å². The molecule has 0 spiro atoms. The van der Waals surface area contributed by atoms with Crippen molar-refractivity contribution in [3.8, 4) is 0 Å². The van der Waals surface area contributed by atoms with E-state index in [1.165, 1.54) is 12.1 Å². The molecule has 2 aromatic carbocycles. The van der Waals surface area contributed by atoms with Gasteiger partial charge in [0.25, 0.3) is 5.91 Å². The molecule has 0 saturated heterocycles. The molecular weight excluding hydrogens is 360 g/mol. The van der Waals surface area contributed by atoms with Crippen LogP contribution in [0.1, 0.15) is 29.3 Å². The summed E-state index contributed by atoms with van der Waals surface area (Å²) in [5, 5.41) is 3.45. The Bertz CT molecular complexity index is 838. The third-order valence-electron chi connectivity index (χ3n) is 3.54. The molecule has 5 nitrogen and oxygen atoms in total. The van der Waals surface area contributed by atoms with Crippen LogP contribution >= 0.6 is 11.6 Å². The molecule has 0 unspecified atom stereocenters. The molecule has 0 atom stereocenters. The van der Waals surface area contributed by atoms with Gasteiger partial charge in [-0.15, -0.1) is 0 Å². The number of halogens is 1. The van der Waals surface area contributed by atoms with E-state index in [1.807, 2.05) is 25.1 Å². The number of sulfonamides is 1. The third kappa shape index (κ3) is 5.85. The van der Waals surface area contributed by atoms with Crippen molar-refractivity contribution in [2.45, 2.75) is 24.7 Å². The molecule has 1 amide bonds. The van der Waals surface area contributed by atoms with E-state index in [1.54, 1.807) is 18.2 Å². The fourth-order valence-corrected chi connectivity index (χ4v) is 3.63. The van der Waals surface area contributed by atoms with Crippen molar-refractivity contribution < 1.29 is 13.2 Å². The Kier molecular flexibility index (Phi) is 6.99. The van der Waals surface area contributed by atoms with Gasteiger partial charge in [-0.05, 0) is 48.7 Å². The predicted octanol–water partition coefficient (Wildman–Crippen LogP) is 3.00. The minimum atomic E-state index is -3.59.